The highest BCUT2D eigenvalue weighted by molar-refractivity contribution is 14.0. The van der Waals surface area contributed by atoms with E-state index in [-0.39, 0.29) is 29.7 Å². The minimum absolute atomic E-state index is 0. The predicted octanol–water partition coefficient (Wildman–Crippen LogP) is 2.48. The van der Waals surface area contributed by atoms with Gasteiger partial charge in [-0.15, -0.1) is 24.0 Å². The Bertz CT molecular complexity index is 436. The van der Waals surface area contributed by atoms with Gasteiger partial charge < -0.3 is 20.5 Å². The van der Waals surface area contributed by atoms with Crippen molar-refractivity contribution < 1.29 is 9.84 Å². The normalized spacial score (nSPS) is 10.9. The van der Waals surface area contributed by atoms with Gasteiger partial charge >= 0.3 is 0 Å². The molecule has 0 aliphatic rings. The van der Waals surface area contributed by atoms with Gasteiger partial charge in [0.05, 0.1) is 13.7 Å². The third-order valence-electron chi connectivity index (χ3n) is 2.46. The molecule has 0 aromatic heterocycles. The van der Waals surface area contributed by atoms with Crippen LogP contribution in [0.25, 0.3) is 0 Å². The monoisotopic (exact) mass is 393 g/mol. The molecule has 0 heterocycles. The standard InChI is InChI=1S/C14H23N3O2.HI/c1-5-15-14(17-10(2)3)16-9-11-8-12(19-4)6-7-13(11)18;/h6-8,10,18H,5,9H2,1-4H3,(H2,15,16,17);1H. The molecule has 0 amide bonds. The predicted molar refractivity (Wildman–Crippen MR) is 93.2 cm³/mol. The fourth-order valence-electron chi connectivity index (χ4n) is 1.57. The molecule has 3 N–H and O–H groups in total. The zero-order valence-electron chi connectivity index (χ0n) is 12.4. The van der Waals surface area contributed by atoms with Gasteiger partial charge in [-0.05, 0) is 39.0 Å². The lowest BCUT2D eigenvalue weighted by Crippen LogP contribution is -2.40. The van der Waals surface area contributed by atoms with Crippen molar-refractivity contribution >= 4 is 29.9 Å². The number of halogens is 1. The maximum absolute atomic E-state index is 9.79. The molecule has 0 radical (unpaired) electrons. The van der Waals surface area contributed by atoms with Crippen LogP contribution in [0.15, 0.2) is 23.2 Å². The molecule has 6 heteroatoms. The van der Waals surface area contributed by atoms with Crippen molar-refractivity contribution in [2.45, 2.75) is 33.4 Å². The van der Waals surface area contributed by atoms with Gasteiger partial charge in [0.25, 0.3) is 0 Å². The number of ether oxygens (including phenoxy) is 1. The maximum Gasteiger partial charge on any atom is 0.191 e. The zero-order chi connectivity index (χ0) is 14.3. The van der Waals surface area contributed by atoms with E-state index in [2.05, 4.69) is 29.5 Å². The number of rotatable bonds is 5. The zero-order valence-corrected chi connectivity index (χ0v) is 14.8. The summed E-state index contributed by atoms with van der Waals surface area (Å²) in [5, 5.41) is 16.2. The Balaban J connectivity index is 0.00000361. The highest BCUT2D eigenvalue weighted by atomic mass is 127. The molecule has 0 spiro atoms. The number of nitrogens with one attached hydrogen (secondary N) is 2. The minimum Gasteiger partial charge on any atom is -0.508 e. The Kier molecular flexibility index (Phi) is 9.11. The van der Waals surface area contributed by atoms with E-state index in [4.69, 9.17) is 4.74 Å². The SMILES string of the molecule is CCNC(=NCc1cc(OC)ccc1O)NC(C)C.I. The van der Waals surface area contributed by atoms with Crippen molar-refractivity contribution in [1.82, 2.24) is 10.6 Å². The average molecular weight is 393 g/mol. The van der Waals surface area contributed by atoms with Gasteiger partial charge in [-0.3, -0.25) is 0 Å². The Morgan fingerprint density at radius 2 is 2.10 bits per heavy atom. The highest BCUT2D eigenvalue weighted by Crippen LogP contribution is 2.23. The minimum atomic E-state index is 0. The van der Waals surface area contributed by atoms with Gasteiger partial charge in [0.15, 0.2) is 5.96 Å². The first kappa shape index (κ1) is 18.8. The second-order valence-electron chi connectivity index (χ2n) is 4.49. The lowest BCUT2D eigenvalue weighted by atomic mass is 10.2. The van der Waals surface area contributed by atoms with Gasteiger partial charge in [-0.25, -0.2) is 4.99 Å². The molecular formula is C14H24IN3O2. The lowest BCUT2D eigenvalue weighted by Gasteiger charge is -2.14. The molecule has 0 atom stereocenters. The van der Waals surface area contributed by atoms with Crippen LogP contribution in [0.3, 0.4) is 0 Å². The molecule has 0 saturated heterocycles. The van der Waals surface area contributed by atoms with Crippen molar-refractivity contribution in [3.63, 3.8) is 0 Å². The topological polar surface area (TPSA) is 65.9 Å². The van der Waals surface area contributed by atoms with E-state index in [0.29, 0.717) is 18.3 Å². The first-order valence-corrected chi connectivity index (χ1v) is 6.47. The van der Waals surface area contributed by atoms with E-state index in [1.54, 1.807) is 25.3 Å². The summed E-state index contributed by atoms with van der Waals surface area (Å²) in [6.07, 6.45) is 0. The van der Waals surface area contributed by atoms with Crippen LogP contribution in [-0.4, -0.2) is 30.8 Å². The van der Waals surface area contributed by atoms with Crippen molar-refractivity contribution in [3.05, 3.63) is 23.8 Å². The average Bonchev–Trinajstić information content (AvgIpc) is 2.37. The number of phenols is 1. The Morgan fingerprint density at radius 3 is 2.65 bits per heavy atom. The van der Waals surface area contributed by atoms with Crippen LogP contribution >= 0.6 is 24.0 Å². The Hall–Kier alpha value is -1.18. The number of hydrogen-bond donors (Lipinski definition) is 3. The number of phenolic OH excluding ortho intramolecular Hbond substituents is 1. The molecule has 1 aromatic rings. The molecule has 114 valence electrons. The number of aliphatic imine (C=N–C) groups is 1. The summed E-state index contributed by atoms with van der Waals surface area (Å²) < 4.78 is 5.14. The number of guanidine groups is 1. The summed E-state index contributed by atoms with van der Waals surface area (Å²) in [7, 11) is 1.60. The van der Waals surface area contributed by atoms with E-state index < -0.39 is 0 Å². The van der Waals surface area contributed by atoms with Crippen LogP contribution in [0.2, 0.25) is 0 Å². The molecule has 0 aliphatic heterocycles. The van der Waals surface area contributed by atoms with Crippen LogP contribution in [0, 0.1) is 0 Å². The summed E-state index contributed by atoms with van der Waals surface area (Å²) >= 11 is 0. The van der Waals surface area contributed by atoms with Crippen molar-refractivity contribution in [2.24, 2.45) is 4.99 Å². The van der Waals surface area contributed by atoms with Gasteiger partial charge in [-0.2, -0.15) is 0 Å². The number of benzene rings is 1. The molecule has 0 saturated carbocycles. The van der Waals surface area contributed by atoms with Gasteiger partial charge in [-0.1, -0.05) is 0 Å². The molecule has 1 rings (SSSR count). The summed E-state index contributed by atoms with van der Waals surface area (Å²) in [5.41, 5.74) is 0.736. The van der Waals surface area contributed by atoms with Crippen LogP contribution in [0.1, 0.15) is 26.3 Å². The van der Waals surface area contributed by atoms with Crippen LogP contribution in [-0.2, 0) is 6.54 Å². The second kappa shape index (κ2) is 9.68. The molecular weight excluding hydrogens is 369 g/mol. The van der Waals surface area contributed by atoms with E-state index >= 15 is 0 Å². The molecule has 0 aliphatic carbocycles. The third kappa shape index (κ3) is 6.31. The fourth-order valence-corrected chi connectivity index (χ4v) is 1.57. The van der Waals surface area contributed by atoms with Gasteiger partial charge in [0.2, 0.25) is 0 Å². The first-order chi connectivity index (χ1) is 9.06. The molecule has 0 unspecified atom stereocenters. The number of hydrogen-bond acceptors (Lipinski definition) is 3. The smallest absolute Gasteiger partial charge is 0.191 e. The van der Waals surface area contributed by atoms with Crippen LogP contribution in [0.4, 0.5) is 0 Å². The molecule has 5 nitrogen and oxygen atoms in total. The molecule has 1 aromatic carbocycles. The Labute approximate surface area is 137 Å². The van der Waals surface area contributed by atoms with Crippen molar-refractivity contribution in [1.29, 1.82) is 0 Å². The second-order valence-corrected chi connectivity index (χ2v) is 4.49. The van der Waals surface area contributed by atoms with E-state index in [1.807, 2.05) is 6.92 Å². The first-order valence-electron chi connectivity index (χ1n) is 6.47. The number of methoxy groups -OCH3 is 1. The lowest BCUT2D eigenvalue weighted by molar-refractivity contribution is 0.411. The quantitative estimate of drug-likeness (QED) is 0.409. The van der Waals surface area contributed by atoms with Gasteiger partial charge in [0.1, 0.15) is 11.5 Å². The largest absolute Gasteiger partial charge is 0.508 e. The Morgan fingerprint density at radius 1 is 1.40 bits per heavy atom. The summed E-state index contributed by atoms with van der Waals surface area (Å²) in [4.78, 5) is 4.44. The highest BCUT2D eigenvalue weighted by Gasteiger charge is 2.04. The summed E-state index contributed by atoms with van der Waals surface area (Å²) in [6.45, 7) is 7.31. The fraction of sp³-hybridized carbons (Fsp3) is 0.500. The van der Waals surface area contributed by atoms with E-state index in [0.717, 1.165) is 18.1 Å². The number of aromatic hydroxyl groups is 1. The summed E-state index contributed by atoms with van der Waals surface area (Å²) in [5.74, 6) is 1.68. The molecule has 20 heavy (non-hydrogen) atoms. The van der Waals surface area contributed by atoms with Gasteiger partial charge in [0, 0.05) is 18.2 Å². The van der Waals surface area contributed by atoms with Crippen LogP contribution < -0.4 is 15.4 Å². The number of nitrogens with zero attached hydrogens (tertiary/aromatic N) is 1. The van der Waals surface area contributed by atoms with Crippen molar-refractivity contribution in [2.75, 3.05) is 13.7 Å². The molecule has 0 fully saturated rings. The maximum atomic E-state index is 9.79. The summed E-state index contributed by atoms with van der Waals surface area (Å²) in [6, 6.07) is 5.43. The molecule has 0 bridgehead atoms. The van der Waals surface area contributed by atoms with E-state index in [9.17, 15) is 5.11 Å². The van der Waals surface area contributed by atoms with E-state index in [1.165, 1.54) is 0 Å². The van der Waals surface area contributed by atoms with Crippen LogP contribution in [0.5, 0.6) is 11.5 Å². The third-order valence-corrected chi connectivity index (χ3v) is 2.46. The van der Waals surface area contributed by atoms with Crippen molar-refractivity contribution in [3.8, 4) is 11.5 Å².